The Morgan fingerprint density at radius 2 is 1.89 bits per heavy atom. The van der Waals surface area contributed by atoms with Gasteiger partial charge in [0.1, 0.15) is 17.3 Å². The van der Waals surface area contributed by atoms with Gasteiger partial charge in [-0.05, 0) is 68.4 Å². The number of hydrogen-bond donors (Lipinski definition) is 2. The summed E-state index contributed by atoms with van der Waals surface area (Å²) < 4.78 is 20.6. The lowest BCUT2D eigenvalue weighted by Crippen LogP contribution is -2.36. The second kappa shape index (κ2) is 8.66. The lowest BCUT2D eigenvalue weighted by atomic mass is 9.95. The van der Waals surface area contributed by atoms with Crippen LogP contribution in [0, 0.1) is 18.7 Å². The van der Waals surface area contributed by atoms with Crippen molar-refractivity contribution in [3.05, 3.63) is 53.2 Å². The molecule has 1 aromatic carbocycles. The molecule has 5 heteroatoms. The summed E-state index contributed by atoms with van der Waals surface area (Å²) in [6.07, 6.45) is 6.13. The predicted octanol–water partition coefficient (Wildman–Crippen LogP) is 4.71. The minimum Gasteiger partial charge on any atom is -0.465 e. The monoisotopic (exact) mass is 386 g/mol. The fraction of sp³-hybridized carbons (Fsp3) is 0.565. The highest BCUT2D eigenvalue weighted by molar-refractivity contribution is 5.49. The number of nitrogens with one attached hydrogen (secondary N) is 1. The number of halogens is 1. The molecule has 1 saturated heterocycles. The molecule has 4 nitrogen and oxygen atoms in total. The highest BCUT2D eigenvalue weighted by Crippen LogP contribution is 2.36. The Hall–Kier alpha value is -1.85. The van der Waals surface area contributed by atoms with Crippen LogP contribution < -0.4 is 10.2 Å². The molecule has 1 aliphatic heterocycles. The number of rotatable bonds is 6. The van der Waals surface area contributed by atoms with E-state index in [0.717, 1.165) is 17.1 Å². The lowest BCUT2D eigenvalue weighted by Gasteiger charge is -2.31. The maximum atomic E-state index is 14.7. The van der Waals surface area contributed by atoms with Crippen LogP contribution in [0.3, 0.4) is 0 Å². The normalized spacial score (nSPS) is 20.0. The lowest BCUT2D eigenvalue weighted by molar-refractivity contribution is 0.145. The van der Waals surface area contributed by atoms with Gasteiger partial charge in [0.25, 0.3) is 0 Å². The van der Waals surface area contributed by atoms with Crippen LogP contribution >= 0.6 is 0 Å². The van der Waals surface area contributed by atoms with Crippen molar-refractivity contribution in [2.75, 3.05) is 18.0 Å². The molecule has 2 aromatic rings. The Morgan fingerprint density at radius 1 is 1.14 bits per heavy atom. The molecule has 0 amide bonds. The largest absolute Gasteiger partial charge is 0.465 e. The molecular weight excluding hydrogens is 355 g/mol. The standard InChI is InChI=1S/C23H31FN2O2/c1-16-6-9-22(28-16)23(18-4-2-3-5-18)25-15-17-7-8-21(20(24)14-17)26-12-10-19(27)11-13-26/h6-9,14,18-19,23,25,27H,2-5,10-13,15H2,1H3. The molecule has 1 saturated carbocycles. The van der Waals surface area contributed by atoms with Gasteiger partial charge in [0.05, 0.1) is 17.8 Å². The molecular formula is C23H31FN2O2. The number of aliphatic hydroxyl groups is 1. The van der Waals surface area contributed by atoms with Crippen LogP contribution in [0.25, 0.3) is 0 Å². The summed E-state index contributed by atoms with van der Waals surface area (Å²) >= 11 is 0. The van der Waals surface area contributed by atoms with Crippen molar-refractivity contribution in [2.45, 2.75) is 64.1 Å². The summed E-state index contributed by atoms with van der Waals surface area (Å²) in [7, 11) is 0. The van der Waals surface area contributed by atoms with E-state index in [9.17, 15) is 9.50 Å². The van der Waals surface area contributed by atoms with E-state index in [1.54, 1.807) is 6.07 Å². The first-order valence-corrected chi connectivity index (χ1v) is 10.6. The van der Waals surface area contributed by atoms with E-state index in [4.69, 9.17) is 4.42 Å². The number of aliphatic hydroxyl groups excluding tert-OH is 1. The van der Waals surface area contributed by atoms with Crippen LogP contribution in [-0.4, -0.2) is 24.3 Å². The van der Waals surface area contributed by atoms with E-state index in [-0.39, 0.29) is 18.0 Å². The van der Waals surface area contributed by atoms with E-state index in [0.29, 0.717) is 44.1 Å². The number of furan rings is 1. The predicted molar refractivity (Wildman–Crippen MR) is 109 cm³/mol. The van der Waals surface area contributed by atoms with Crippen molar-refractivity contribution >= 4 is 5.69 Å². The van der Waals surface area contributed by atoms with Crippen LogP contribution in [0.5, 0.6) is 0 Å². The third-order valence-electron chi connectivity index (χ3n) is 6.28. The Morgan fingerprint density at radius 3 is 2.54 bits per heavy atom. The number of piperidine rings is 1. The van der Waals surface area contributed by atoms with Gasteiger partial charge in [0.15, 0.2) is 0 Å². The van der Waals surface area contributed by atoms with Crippen LogP contribution in [0.15, 0.2) is 34.7 Å². The van der Waals surface area contributed by atoms with Gasteiger partial charge in [0.2, 0.25) is 0 Å². The topological polar surface area (TPSA) is 48.6 Å². The molecule has 28 heavy (non-hydrogen) atoms. The highest BCUT2D eigenvalue weighted by atomic mass is 19.1. The highest BCUT2D eigenvalue weighted by Gasteiger charge is 2.28. The summed E-state index contributed by atoms with van der Waals surface area (Å²) in [6.45, 7) is 4.01. The summed E-state index contributed by atoms with van der Waals surface area (Å²) in [6, 6.07) is 9.80. The molecule has 0 spiro atoms. The van der Waals surface area contributed by atoms with E-state index in [2.05, 4.69) is 11.4 Å². The smallest absolute Gasteiger partial charge is 0.146 e. The SMILES string of the molecule is Cc1ccc(C(NCc2ccc(N3CCC(O)CC3)c(F)c2)C2CCCC2)o1. The van der Waals surface area contributed by atoms with E-state index in [1.165, 1.54) is 25.7 Å². The molecule has 2 heterocycles. The summed E-state index contributed by atoms with van der Waals surface area (Å²) in [5, 5.41) is 13.3. The molecule has 152 valence electrons. The van der Waals surface area contributed by atoms with Crippen LogP contribution in [0.1, 0.15) is 61.7 Å². The number of aryl methyl sites for hydroxylation is 1. The molecule has 1 atom stereocenters. The first-order chi connectivity index (χ1) is 13.6. The molecule has 2 aliphatic rings. The van der Waals surface area contributed by atoms with Crippen molar-refractivity contribution in [3.63, 3.8) is 0 Å². The summed E-state index contributed by atoms with van der Waals surface area (Å²) in [5.41, 5.74) is 1.59. The van der Waals surface area contributed by atoms with Crippen molar-refractivity contribution in [1.82, 2.24) is 5.32 Å². The van der Waals surface area contributed by atoms with Gasteiger partial charge in [-0.3, -0.25) is 0 Å². The maximum Gasteiger partial charge on any atom is 0.146 e. The quantitative estimate of drug-likeness (QED) is 0.755. The van der Waals surface area contributed by atoms with Crippen molar-refractivity contribution in [2.24, 2.45) is 5.92 Å². The second-order valence-electron chi connectivity index (χ2n) is 8.36. The molecule has 1 aromatic heterocycles. The Kier molecular flexibility index (Phi) is 6.02. The fourth-order valence-electron chi connectivity index (χ4n) is 4.66. The summed E-state index contributed by atoms with van der Waals surface area (Å²) in [5.74, 6) is 2.33. The van der Waals surface area contributed by atoms with Gasteiger partial charge in [0, 0.05) is 19.6 Å². The fourth-order valence-corrected chi connectivity index (χ4v) is 4.66. The first-order valence-electron chi connectivity index (χ1n) is 10.6. The van der Waals surface area contributed by atoms with Crippen molar-refractivity contribution < 1.29 is 13.9 Å². The van der Waals surface area contributed by atoms with Gasteiger partial charge >= 0.3 is 0 Å². The molecule has 1 unspecified atom stereocenters. The van der Waals surface area contributed by atoms with Crippen molar-refractivity contribution in [1.29, 1.82) is 0 Å². The summed E-state index contributed by atoms with van der Waals surface area (Å²) in [4.78, 5) is 2.03. The zero-order chi connectivity index (χ0) is 19.5. The van der Waals surface area contributed by atoms with Crippen molar-refractivity contribution in [3.8, 4) is 0 Å². The van der Waals surface area contributed by atoms with Gasteiger partial charge in [-0.1, -0.05) is 18.9 Å². The second-order valence-corrected chi connectivity index (χ2v) is 8.36. The van der Waals surface area contributed by atoms with Gasteiger partial charge in [-0.25, -0.2) is 4.39 Å². The van der Waals surface area contributed by atoms with Gasteiger partial charge < -0.3 is 19.7 Å². The molecule has 4 rings (SSSR count). The zero-order valence-corrected chi connectivity index (χ0v) is 16.7. The minimum atomic E-state index is -0.249. The van der Waals surface area contributed by atoms with E-state index < -0.39 is 0 Å². The Bertz CT molecular complexity index is 777. The third-order valence-corrected chi connectivity index (χ3v) is 6.28. The molecule has 0 radical (unpaired) electrons. The number of anilines is 1. The van der Waals surface area contributed by atoms with Gasteiger partial charge in [-0.15, -0.1) is 0 Å². The zero-order valence-electron chi connectivity index (χ0n) is 16.7. The molecule has 0 bridgehead atoms. The van der Waals surface area contributed by atoms with Crippen LogP contribution in [0.4, 0.5) is 10.1 Å². The average molecular weight is 387 g/mol. The molecule has 1 aliphatic carbocycles. The van der Waals surface area contributed by atoms with E-state index >= 15 is 0 Å². The van der Waals surface area contributed by atoms with Crippen LogP contribution in [0.2, 0.25) is 0 Å². The Balaban J connectivity index is 1.43. The average Bonchev–Trinajstić information content (AvgIpc) is 3.36. The third kappa shape index (κ3) is 4.41. The van der Waals surface area contributed by atoms with E-state index in [1.807, 2.05) is 30.0 Å². The van der Waals surface area contributed by atoms with Crippen LogP contribution in [-0.2, 0) is 6.54 Å². The number of nitrogens with zero attached hydrogens (tertiary/aromatic N) is 1. The maximum absolute atomic E-state index is 14.7. The Labute approximate surface area is 166 Å². The van der Waals surface area contributed by atoms with Gasteiger partial charge in [-0.2, -0.15) is 0 Å². The number of benzene rings is 1. The minimum absolute atomic E-state index is 0.179. The first kappa shape index (κ1) is 19.5. The molecule has 2 fully saturated rings. The number of hydrogen-bond acceptors (Lipinski definition) is 4. The molecule has 2 N–H and O–H groups in total.